The van der Waals surface area contributed by atoms with E-state index >= 15 is 0 Å². The minimum absolute atomic E-state index is 0.193. The zero-order chi connectivity index (χ0) is 14.8. The van der Waals surface area contributed by atoms with Crippen molar-refractivity contribution in [1.29, 1.82) is 0 Å². The fourth-order valence-electron chi connectivity index (χ4n) is 2.84. The Hall–Kier alpha value is -0.620. The van der Waals surface area contributed by atoms with E-state index < -0.39 is 12.1 Å². The van der Waals surface area contributed by atoms with Crippen LogP contribution in [0.1, 0.15) is 49.7 Å². The average Bonchev–Trinajstić information content (AvgIpc) is 2.83. The molecule has 2 nitrogen and oxygen atoms in total. The highest BCUT2D eigenvalue weighted by Gasteiger charge is 2.47. The molecule has 1 heterocycles. The lowest BCUT2D eigenvalue weighted by molar-refractivity contribution is -0.185. The van der Waals surface area contributed by atoms with Gasteiger partial charge in [-0.25, -0.2) is 4.98 Å². The van der Waals surface area contributed by atoms with Crippen LogP contribution in [-0.2, 0) is 5.54 Å². The van der Waals surface area contributed by atoms with E-state index in [0.29, 0.717) is 12.8 Å². The van der Waals surface area contributed by atoms with E-state index in [1.54, 1.807) is 11.3 Å². The zero-order valence-corrected chi connectivity index (χ0v) is 12.7. The van der Waals surface area contributed by atoms with Crippen LogP contribution in [0.15, 0.2) is 5.38 Å². The molecule has 114 valence electrons. The first kappa shape index (κ1) is 15.8. The highest BCUT2D eigenvalue weighted by molar-refractivity contribution is 7.09. The molecule has 2 rings (SSSR count). The smallest absolute Gasteiger partial charge is 0.305 e. The summed E-state index contributed by atoms with van der Waals surface area (Å²) in [6.45, 7) is 4.80. The SMILES string of the molecule is CCCNC1(c2nc(C)cs2)CCC(C(F)(F)F)CC1. The Morgan fingerprint density at radius 2 is 2.05 bits per heavy atom. The van der Waals surface area contributed by atoms with Gasteiger partial charge in [-0.15, -0.1) is 11.3 Å². The van der Waals surface area contributed by atoms with Crippen molar-refractivity contribution in [2.24, 2.45) is 5.92 Å². The molecule has 0 aliphatic heterocycles. The average molecular weight is 306 g/mol. The van der Waals surface area contributed by atoms with Crippen LogP contribution in [0.25, 0.3) is 0 Å². The van der Waals surface area contributed by atoms with Crippen LogP contribution in [0.5, 0.6) is 0 Å². The van der Waals surface area contributed by atoms with Gasteiger partial charge in [0.25, 0.3) is 0 Å². The molecular weight excluding hydrogens is 285 g/mol. The second kappa shape index (κ2) is 6.02. The number of nitrogens with zero attached hydrogens (tertiary/aromatic N) is 1. The first-order valence-electron chi connectivity index (χ1n) is 7.12. The van der Waals surface area contributed by atoms with E-state index in [9.17, 15) is 13.2 Å². The van der Waals surface area contributed by atoms with Crippen LogP contribution in [-0.4, -0.2) is 17.7 Å². The van der Waals surface area contributed by atoms with Crippen molar-refractivity contribution >= 4 is 11.3 Å². The number of hydrogen-bond donors (Lipinski definition) is 1. The molecule has 1 aromatic rings. The molecule has 20 heavy (non-hydrogen) atoms. The molecule has 0 radical (unpaired) electrons. The zero-order valence-electron chi connectivity index (χ0n) is 11.9. The van der Waals surface area contributed by atoms with Crippen molar-refractivity contribution in [3.8, 4) is 0 Å². The Morgan fingerprint density at radius 1 is 1.40 bits per heavy atom. The lowest BCUT2D eigenvalue weighted by Crippen LogP contribution is -2.47. The van der Waals surface area contributed by atoms with Crippen molar-refractivity contribution in [1.82, 2.24) is 10.3 Å². The first-order chi connectivity index (χ1) is 9.37. The Bertz CT molecular complexity index is 434. The van der Waals surface area contributed by atoms with Gasteiger partial charge in [-0.05, 0) is 45.6 Å². The Balaban J connectivity index is 2.15. The number of aryl methyl sites for hydroxylation is 1. The molecule has 0 unspecified atom stereocenters. The fraction of sp³-hybridized carbons (Fsp3) is 0.786. The number of halogens is 3. The second-order valence-corrected chi connectivity index (χ2v) is 6.48. The summed E-state index contributed by atoms with van der Waals surface area (Å²) in [5, 5.41) is 6.39. The molecule has 0 atom stereocenters. The quantitative estimate of drug-likeness (QED) is 0.892. The molecule has 1 aliphatic rings. The van der Waals surface area contributed by atoms with Crippen molar-refractivity contribution in [3.63, 3.8) is 0 Å². The van der Waals surface area contributed by atoms with Gasteiger partial charge in [0.05, 0.1) is 11.5 Å². The van der Waals surface area contributed by atoms with Crippen LogP contribution in [0.4, 0.5) is 13.2 Å². The third kappa shape index (κ3) is 3.34. The standard InChI is InChI=1S/C14H21F3N2S/c1-3-8-18-13(12-19-10(2)9-20-12)6-4-11(5-7-13)14(15,16)17/h9,11,18H,3-8H2,1-2H3. The van der Waals surface area contributed by atoms with Gasteiger partial charge in [-0.1, -0.05) is 6.92 Å². The van der Waals surface area contributed by atoms with Gasteiger partial charge in [0.2, 0.25) is 0 Å². The summed E-state index contributed by atoms with van der Waals surface area (Å²) in [6.07, 6.45) is -1.67. The Labute approximate surface area is 121 Å². The molecule has 1 aromatic heterocycles. The summed E-state index contributed by atoms with van der Waals surface area (Å²) in [5.41, 5.74) is 0.595. The van der Waals surface area contributed by atoms with Crippen molar-refractivity contribution in [3.05, 3.63) is 16.1 Å². The summed E-state index contributed by atoms with van der Waals surface area (Å²) >= 11 is 1.56. The Morgan fingerprint density at radius 3 is 2.50 bits per heavy atom. The van der Waals surface area contributed by atoms with Gasteiger partial charge < -0.3 is 5.32 Å². The number of aromatic nitrogens is 1. The van der Waals surface area contributed by atoms with Crippen LogP contribution >= 0.6 is 11.3 Å². The number of hydrogen-bond acceptors (Lipinski definition) is 3. The lowest BCUT2D eigenvalue weighted by Gasteiger charge is -2.40. The molecular formula is C14H21F3N2S. The van der Waals surface area contributed by atoms with E-state index in [-0.39, 0.29) is 18.4 Å². The maximum atomic E-state index is 12.8. The molecule has 1 aliphatic carbocycles. The van der Waals surface area contributed by atoms with Crippen LogP contribution in [0, 0.1) is 12.8 Å². The van der Waals surface area contributed by atoms with Gasteiger partial charge in [-0.2, -0.15) is 13.2 Å². The topological polar surface area (TPSA) is 24.9 Å². The van der Waals surface area contributed by atoms with E-state index in [2.05, 4.69) is 17.2 Å². The summed E-state index contributed by atoms with van der Waals surface area (Å²) in [6, 6.07) is 0. The van der Waals surface area contributed by atoms with Gasteiger partial charge in [0, 0.05) is 11.1 Å². The van der Waals surface area contributed by atoms with Gasteiger partial charge in [0.1, 0.15) is 5.01 Å². The summed E-state index contributed by atoms with van der Waals surface area (Å²) < 4.78 is 38.5. The normalized spacial score (nSPS) is 27.8. The summed E-state index contributed by atoms with van der Waals surface area (Å²) in [5.74, 6) is -1.15. The third-order valence-electron chi connectivity index (χ3n) is 4.04. The minimum atomic E-state index is -4.06. The van der Waals surface area contributed by atoms with Crippen molar-refractivity contribution < 1.29 is 13.2 Å². The van der Waals surface area contributed by atoms with Gasteiger partial charge >= 0.3 is 6.18 Å². The van der Waals surface area contributed by atoms with Gasteiger partial charge in [-0.3, -0.25) is 0 Å². The first-order valence-corrected chi connectivity index (χ1v) is 8.00. The molecule has 0 amide bonds. The molecule has 0 saturated heterocycles. The van der Waals surface area contributed by atoms with E-state index in [0.717, 1.165) is 23.7 Å². The number of thiazole rings is 1. The van der Waals surface area contributed by atoms with E-state index in [1.807, 2.05) is 12.3 Å². The fourth-order valence-corrected chi connectivity index (χ4v) is 3.88. The lowest BCUT2D eigenvalue weighted by atomic mass is 9.76. The number of rotatable bonds is 4. The molecule has 6 heteroatoms. The highest BCUT2D eigenvalue weighted by Crippen LogP contribution is 2.45. The van der Waals surface area contributed by atoms with Crippen molar-refractivity contribution in [2.75, 3.05) is 6.54 Å². The summed E-state index contributed by atoms with van der Waals surface area (Å²) in [4.78, 5) is 4.52. The molecule has 0 aromatic carbocycles. The van der Waals surface area contributed by atoms with Crippen LogP contribution in [0.3, 0.4) is 0 Å². The molecule has 1 saturated carbocycles. The molecule has 0 spiro atoms. The van der Waals surface area contributed by atoms with E-state index in [4.69, 9.17) is 0 Å². The maximum Gasteiger partial charge on any atom is 0.391 e. The van der Waals surface area contributed by atoms with E-state index in [1.165, 1.54) is 0 Å². The van der Waals surface area contributed by atoms with Crippen LogP contribution < -0.4 is 5.32 Å². The number of nitrogens with one attached hydrogen (secondary N) is 1. The second-order valence-electron chi connectivity index (χ2n) is 5.62. The molecule has 1 fully saturated rings. The monoisotopic (exact) mass is 306 g/mol. The Kier molecular flexibility index (Phi) is 4.74. The maximum absolute atomic E-state index is 12.8. The predicted molar refractivity (Wildman–Crippen MR) is 74.8 cm³/mol. The third-order valence-corrected chi connectivity index (χ3v) is 5.21. The summed E-state index contributed by atoms with van der Waals surface area (Å²) in [7, 11) is 0. The van der Waals surface area contributed by atoms with Gasteiger partial charge in [0.15, 0.2) is 0 Å². The predicted octanol–water partition coefficient (Wildman–Crippen LogP) is 4.40. The minimum Gasteiger partial charge on any atom is -0.305 e. The number of alkyl halides is 3. The molecule has 1 N–H and O–H groups in total. The van der Waals surface area contributed by atoms with Crippen LogP contribution in [0.2, 0.25) is 0 Å². The molecule has 0 bridgehead atoms. The highest BCUT2D eigenvalue weighted by atomic mass is 32.1. The van der Waals surface area contributed by atoms with Crippen molar-refractivity contribution in [2.45, 2.75) is 57.7 Å². The largest absolute Gasteiger partial charge is 0.391 e.